The highest BCUT2D eigenvalue weighted by Gasteiger charge is 2.36. The Labute approximate surface area is 110 Å². The third-order valence-corrected chi connectivity index (χ3v) is 4.56. The van der Waals surface area contributed by atoms with E-state index in [1.54, 1.807) is 0 Å². The van der Waals surface area contributed by atoms with Crippen molar-refractivity contribution in [3.05, 3.63) is 0 Å². The van der Waals surface area contributed by atoms with Crippen molar-refractivity contribution in [2.75, 3.05) is 13.2 Å². The first-order valence-corrected chi connectivity index (χ1v) is 7.17. The Morgan fingerprint density at radius 1 is 1.39 bits per heavy atom. The Kier molecular flexibility index (Phi) is 4.28. The van der Waals surface area contributed by atoms with Crippen molar-refractivity contribution in [2.24, 2.45) is 17.6 Å². The van der Waals surface area contributed by atoms with E-state index in [1.165, 1.54) is 0 Å². The summed E-state index contributed by atoms with van der Waals surface area (Å²) in [6.45, 7) is 5.63. The highest BCUT2D eigenvalue weighted by molar-refractivity contribution is 5.80. The van der Waals surface area contributed by atoms with Crippen molar-refractivity contribution >= 4 is 5.91 Å². The van der Waals surface area contributed by atoms with Gasteiger partial charge in [-0.25, -0.2) is 0 Å². The molecule has 2 aliphatic rings. The fraction of sp³-hybridized carbons (Fsp3) is 0.929. The summed E-state index contributed by atoms with van der Waals surface area (Å²) in [4.78, 5) is 12.4. The molecule has 1 heterocycles. The van der Waals surface area contributed by atoms with E-state index in [2.05, 4.69) is 19.2 Å². The van der Waals surface area contributed by atoms with Crippen molar-refractivity contribution in [1.29, 1.82) is 0 Å². The molecule has 2 rings (SSSR count). The second-order valence-electron chi connectivity index (χ2n) is 6.27. The van der Waals surface area contributed by atoms with Gasteiger partial charge in [0, 0.05) is 18.6 Å². The van der Waals surface area contributed by atoms with Crippen LogP contribution in [-0.2, 0) is 9.53 Å². The highest BCUT2D eigenvalue weighted by Crippen LogP contribution is 2.30. The fourth-order valence-corrected chi connectivity index (χ4v) is 3.19. The van der Waals surface area contributed by atoms with E-state index in [0.717, 1.165) is 38.7 Å². The SMILES string of the molecule is CC1C(N)CCCC1C(=O)NC1(C)CCCOC1. The van der Waals surface area contributed by atoms with Crippen molar-refractivity contribution in [3.63, 3.8) is 0 Å². The summed E-state index contributed by atoms with van der Waals surface area (Å²) in [6.07, 6.45) is 5.11. The Hall–Kier alpha value is -0.610. The lowest BCUT2D eigenvalue weighted by molar-refractivity contribution is -0.131. The van der Waals surface area contributed by atoms with Crippen LogP contribution in [0.1, 0.15) is 46.0 Å². The van der Waals surface area contributed by atoms with Gasteiger partial charge < -0.3 is 15.8 Å². The van der Waals surface area contributed by atoms with Gasteiger partial charge in [-0.15, -0.1) is 0 Å². The first-order valence-electron chi connectivity index (χ1n) is 7.17. The van der Waals surface area contributed by atoms with E-state index < -0.39 is 0 Å². The van der Waals surface area contributed by atoms with Crippen LogP contribution in [0, 0.1) is 11.8 Å². The Morgan fingerprint density at radius 2 is 2.17 bits per heavy atom. The van der Waals surface area contributed by atoms with E-state index >= 15 is 0 Å². The maximum absolute atomic E-state index is 12.4. The summed E-state index contributed by atoms with van der Waals surface area (Å²) in [5.41, 5.74) is 5.88. The molecule has 1 aliphatic heterocycles. The van der Waals surface area contributed by atoms with E-state index in [9.17, 15) is 4.79 Å². The number of hydrogen-bond acceptors (Lipinski definition) is 3. The van der Waals surface area contributed by atoms with Gasteiger partial charge in [0.15, 0.2) is 0 Å². The van der Waals surface area contributed by atoms with Crippen molar-refractivity contribution in [1.82, 2.24) is 5.32 Å². The summed E-state index contributed by atoms with van der Waals surface area (Å²) in [6, 6.07) is 0.171. The van der Waals surface area contributed by atoms with Crippen LogP contribution in [0.4, 0.5) is 0 Å². The number of carbonyl (C=O) groups excluding carboxylic acids is 1. The van der Waals surface area contributed by atoms with Gasteiger partial charge in [-0.2, -0.15) is 0 Å². The Morgan fingerprint density at radius 3 is 2.83 bits per heavy atom. The van der Waals surface area contributed by atoms with Gasteiger partial charge in [-0.05, 0) is 38.5 Å². The lowest BCUT2D eigenvalue weighted by Crippen LogP contribution is -2.55. The van der Waals surface area contributed by atoms with Gasteiger partial charge in [0.2, 0.25) is 5.91 Å². The van der Waals surface area contributed by atoms with Crippen LogP contribution in [0.2, 0.25) is 0 Å². The largest absolute Gasteiger partial charge is 0.379 e. The van der Waals surface area contributed by atoms with E-state index in [1.807, 2.05) is 0 Å². The molecule has 0 aromatic heterocycles. The standard InChI is InChI=1S/C14H26N2O2/c1-10-11(5-3-6-12(10)15)13(17)16-14(2)7-4-8-18-9-14/h10-12H,3-9,15H2,1-2H3,(H,16,17). The molecule has 3 N–H and O–H groups in total. The molecule has 0 aromatic carbocycles. The van der Waals surface area contributed by atoms with Crippen LogP contribution >= 0.6 is 0 Å². The number of ether oxygens (including phenoxy) is 1. The zero-order valence-corrected chi connectivity index (χ0v) is 11.6. The van der Waals surface area contributed by atoms with Crippen LogP contribution in [0.3, 0.4) is 0 Å². The zero-order chi connectivity index (χ0) is 13.2. The van der Waals surface area contributed by atoms with E-state index in [0.29, 0.717) is 6.61 Å². The highest BCUT2D eigenvalue weighted by atomic mass is 16.5. The van der Waals surface area contributed by atoms with E-state index in [-0.39, 0.29) is 29.3 Å². The molecule has 4 unspecified atom stereocenters. The van der Waals surface area contributed by atoms with Crippen LogP contribution in [-0.4, -0.2) is 30.7 Å². The maximum atomic E-state index is 12.4. The minimum Gasteiger partial charge on any atom is -0.379 e. The molecule has 1 amide bonds. The minimum atomic E-state index is -0.184. The van der Waals surface area contributed by atoms with Crippen molar-refractivity contribution in [2.45, 2.75) is 57.5 Å². The molecule has 2 fully saturated rings. The molecule has 1 saturated heterocycles. The molecule has 0 spiro atoms. The molecule has 4 atom stereocenters. The minimum absolute atomic E-state index is 0.0764. The topological polar surface area (TPSA) is 64.4 Å². The van der Waals surface area contributed by atoms with Gasteiger partial charge in [0.1, 0.15) is 0 Å². The Bertz CT molecular complexity index is 300. The van der Waals surface area contributed by atoms with Crippen LogP contribution in [0.15, 0.2) is 0 Å². The van der Waals surface area contributed by atoms with Gasteiger partial charge in [-0.3, -0.25) is 4.79 Å². The summed E-state index contributed by atoms with van der Waals surface area (Å²) >= 11 is 0. The predicted octanol–water partition coefficient (Wildman–Crippen LogP) is 1.44. The number of carbonyl (C=O) groups is 1. The average molecular weight is 254 g/mol. The first kappa shape index (κ1) is 13.8. The van der Waals surface area contributed by atoms with Crippen molar-refractivity contribution < 1.29 is 9.53 Å². The van der Waals surface area contributed by atoms with Gasteiger partial charge >= 0.3 is 0 Å². The predicted molar refractivity (Wildman–Crippen MR) is 71.1 cm³/mol. The van der Waals surface area contributed by atoms with Gasteiger partial charge in [0.05, 0.1) is 12.1 Å². The lowest BCUT2D eigenvalue weighted by atomic mass is 9.76. The van der Waals surface area contributed by atoms with Gasteiger partial charge in [-0.1, -0.05) is 13.3 Å². The smallest absolute Gasteiger partial charge is 0.223 e. The lowest BCUT2D eigenvalue weighted by Gasteiger charge is -2.38. The third kappa shape index (κ3) is 3.04. The molecule has 104 valence electrons. The molecule has 18 heavy (non-hydrogen) atoms. The molecule has 0 bridgehead atoms. The summed E-state index contributed by atoms with van der Waals surface area (Å²) < 4.78 is 5.48. The van der Waals surface area contributed by atoms with Gasteiger partial charge in [0.25, 0.3) is 0 Å². The summed E-state index contributed by atoms with van der Waals surface area (Å²) in [5.74, 6) is 0.532. The summed E-state index contributed by atoms with van der Waals surface area (Å²) in [5, 5.41) is 3.20. The quantitative estimate of drug-likeness (QED) is 0.783. The average Bonchev–Trinajstić information content (AvgIpc) is 2.33. The molecular weight excluding hydrogens is 228 g/mol. The molecule has 4 nitrogen and oxygen atoms in total. The first-order chi connectivity index (χ1) is 8.52. The molecule has 1 aliphatic carbocycles. The molecule has 0 radical (unpaired) electrons. The van der Waals surface area contributed by atoms with Crippen molar-refractivity contribution in [3.8, 4) is 0 Å². The number of nitrogens with two attached hydrogens (primary N) is 1. The number of hydrogen-bond donors (Lipinski definition) is 2. The third-order valence-electron chi connectivity index (χ3n) is 4.56. The van der Waals surface area contributed by atoms with Crippen LogP contribution in [0.25, 0.3) is 0 Å². The van der Waals surface area contributed by atoms with E-state index in [4.69, 9.17) is 10.5 Å². The second-order valence-corrected chi connectivity index (χ2v) is 6.27. The maximum Gasteiger partial charge on any atom is 0.223 e. The monoisotopic (exact) mass is 254 g/mol. The Balaban J connectivity index is 1.94. The number of amides is 1. The molecule has 0 aromatic rings. The number of nitrogens with one attached hydrogen (secondary N) is 1. The van der Waals surface area contributed by atoms with Crippen LogP contribution in [0.5, 0.6) is 0 Å². The second kappa shape index (κ2) is 5.57. The normalized spacial score (nSPS) is 41.4. The fourth-order valence-electron chi connectivity index (χ4n) is 3.19. The molecule has 4 heteroatoms. The number of rotatable bonds is 2. The zero-order valence-electron chi connectivity index (χ0n) is 11.6. The molecular formula is C14H26N2O2. The summed E-state index contributed by atoms with van der Waals surface area (Å²) in [7, 11) is 0. The van der Waals surface area contributed by atoms with Crippen LogP contribution < -0.4 is 11.1 Å². The molecule has 1 saturated carbocycles.